The molecule has 0 aliphatic heterocycles. The highest BCUT2D eigenvalue weighted by Crippen LogP contribution is 2.16. The third-order valence-corrected chi connectivity index (χ3v) is 2.05. The summed E-state index contributed by atoms with van der Waals surface area (Å²) >= 11 is 3.21. The summed E-state index contributed by atoms with van der Waals surface area (Å²) in [4.78, 5) is 13.6. The molecule has 56 valence electrons. The van der Waals surface area contributed by atoms with Gasteiger partial charge in [-0.3, -0.25) is 9.89 Å². The summed E-state index contributed by atoms with van der Waals surface area (Å²) in [5.41, 5.74) is 0.347. The molecule has 0 bridgehead atoms. The van der Waals surface area contributed by atoms with Crippen molar-refractivity contribution in [1.29, 1.82) is 0 Å². The number of hydrogen-bond acceptors (Lipinski definition) is 2. The second-order valence-corrected chi connectivity index (χ2v) is 2.86. The number of pyridine rings is 1. The fraction of sp³-hybridized carbons (Fsp3) is 0. The molecule has 0 aliphatic rings. The molecule has 0 fully saturated rings. The number of aromatic nitrogens is 3. The van der Waals surface area contributed by atoms with Gasteiger partial charge in [0.05, 0.1) is 0 Å². The van der Waals surface area contributed by atoms with Gasteiger partial charge in [-0.15, -0.1) is 0 Å². The van der Waals surface area contributed by atoms with Crippen LogP contribution in [0.3, 0.4) is 0 Å². The summed E-state index contributed by atoms with van der Waals surface area (Å²) in [5, 5.41) is 7.24. The second kappa shape index (κ2) is 2.20. The monoisotopic (exact) mass is 213 g/mol. The van der Waals surface area contributed by atoms with Crippen molar-refractivity contribution < 1.29 is 0 Å². The Bertz CT molecular complexity index is 444. The number of aromatic amines is 2. The predicted molar refractivity (Wildman–Crippen MR) is 44.4 cm³/mol. The van der Waals surface area contributed by atoms with E-state index in [0.29, 0.717) is 10.1 Å². The van der Waals surface area contributed by atoms with Crippen LogP contribution in [0.2, 0.25) is 0 Å². The van der Waals surface area contributed by atoms with Gasteiger partial charge in [-0.05, 0) is 22.0 Å². The Morgan fingerprint density at radius 3 is 3.09 bits per heavy atom. The highest BCUT2D eigenvalue weighted by atomic mass is 79.9. The molecule has 0 saturated carbocycles. The molecule has 0 spiro atoms. The van der Waals surface area contributed by atoms with Gasteiger partial charge in [-0.2, -0.15) is 5.10 Å². The van der Waals surface area contributed by atoms with Crippen LogP contribution in [0.4, 0.5) is 0 Å². The lowest BCUT2D eigenvalue weighted by Crippen LogP contribution is -2.03. The molecule has 2 rings (SSSR count). The zero-order chi connectivity index (χ0) is 7.84. The van der Waals surface area contributed by atoms with Crippen LogP contribution < -0.4 is 5.56 Å². The maximum atomic E-state index is 11.0. The first kappa shape index (κ1) is 6.60. The zero-order valence-corrected chi connectivity index (χ0v) is 6.97. The highest BCUT2D eigenvalue weighted by molar-refractivity contribution is 9.10. The molecule has 4 nitrogen and oxygen atoms in total. The molecule has 0 unspecified atom stereocenters. The standard InChI is InChI=1S/C6H4BrN3O/c7-5-3-1-2-8-6(11)4(3)9-10-5/h1-2H,(H,8,11)(H,9,10). The molecule has 2 aromatic rings. The predicted octanol–water partition coefficient (Wildman–Crippen LogP) is 1.01. The van der Waals surface area contributed by atoms with Crippen molar-refractivity contribution >= 4 is 26.8 Å². The zero-order valence-electron chi connectivity index (χ0n) is 5.39. The van der Waals surface area contributed by atoms with Crippen LogP contribution >= 0.6 is 15.9 Å². The Morgan fingerprint density at radius 1 is 1.55 bits per heavy atom. The van der Waals surface area contributed by atoms with Gasteiger partial charge < -0.3 is 4.98 Å². The molecule has 0 aromatic carbocycles. The third-order valence-electron chi connectivity index (χ3n) is 1.45. The first-order chi connectivity index (χ1) is 5.29. The van der Waals surface area contributed by atoms with E-state index in [-0.39, 0.29) is 5.56 Å². The Balaban J connectivity index is 3.06. The smallest absolute Gasteiger partial charge is 0.273 e. The first-order valence-corrected chi connectivity index (χ1v) is 3.79. The van der Waals surface area contributed by atoms with Gasteiger partial charge in [0.1, 0.15) is 10.1 Å². The minimum atomic E-state index is -0.152. The molecular formula is C6H4BrN3O. The number of hydrogen-bond donors (Lipinski definition) is 2. The first-order valence-electron chi connectivity index (χ1n) is 3.00. The van der Waals surface area contributed by atoms with E-state index in [9.17, 15) is 4.79 Å². The lowest BCUT2D eigenvalue weighted by atomic mass is 10.3. The Labute approximate surface area is 69.8 Å². The lowest BCUT2D eigenvalue weighted by molar-refractivity contribution is 1.08. The second-order valence-electron chi connectivity index (χ2n) is 2.11. The van der Waals surface area contributed by atoms with Crippen molar-refractivity contribution in [2.24, 2.45) is 0 Å². The summed E-state index contributed by atoms with van der Waals surface area (Å²) in [6.45, 7) is 0. The van der Waals surface area contributed by atoms with Gasteiger partial charge >= 0.3 is 0 Å². The fourth-order valence-electron chi connectivity index (χ4n) is 0.927. The van der Waals surface area contributed by atoms with Crippen LogP contribution in [0.1, 0.15) is 0 Å². The van der Waals surface area contributed by atoms with E-state index in [4.69, 9.17) is 0 Å². The average Bonchev–Trinajstić information content (AvgIpc) is 2.35. The van der Waals surface area contributed by atoms with Gasteiger partial charge in [0.15, 0.2) is 0 Å². The van der Waals surface area contributed by atoms with Crippen LogP contribution in [0.5, 0.6) is 0 Å². The summed E-state index contributed by atoms with van der Waals surface area (Å²) in [6, 6.07) is 1.78. The van der Waals surface area contributed by atoms with Gasteiger partial charge in [0, 0.05) is 11.6 Å². The van der Waals surface area contributed by atoms with Crippen molar-refractivity contribution in [3.05, 3.63) is 27.2 Å². The molecule has 2 heterocycles. The van der Waals surface area contributed by atoms with Crippen molar-refractivity contribution in [3.8, 4) is 0 Å². The van der Waals surface area contributed by atoms with E-state index in [2.05, 4.69) is 31.1 Å². The topological polar surface area (TPSA) is 61.5 Å². The molecule has 2 aromatic heterocycles. The molecule has 2 N–H and O–H groups in total. The minimum Gasteiger partial charge on any atom is -0.327 e. The van der Waals surface area contributed by atoms with Crippen molar-refractivity contribution in [1.82, 2.24) is 15.2 Å². The Kier molecular flexibility index (Phi) is 1.32. The molecule has 0 aliphatic carbocycles. The van der Waals surface area contributed by atoms with Crippen LogP contribution in [0.15, 0.2) is 21.7 Å². The molecule has 0 amide bonds. The van der Waals surface area contributed by atoms with E-state index < -0.39 is 0 Å². The maximum Gasteiger partial charge on any atom is 0.273 e. The van der Waals surface area contributed by atoms with Crippen LogP contribution in [-0.2, 0) is 0 Å². The number of fused-ring (bicyclic) bond motifs is 1. The van der Waals surface area contributed by atoms with Gasteiger partial charge in [-0.1, -0.05) is 0 Å². The molecule has 0 atom stereocenters. The molecule has 5 heteroatoms. The van der Waals surface area contributed by atoms with Crippen molar-refractivity contribution in [3.63, 3.8) is 0 Å². The normalized spacial score (nSPS) is 10.6. The van der Waals surface area contributed by atoms with E-state index in [1.165, 1.54) is 0 Å². The quantitative estimate of drug-likeness (QED) is 0.687. The Hall–Kier alpha value is -1.10. The molecular weight excluding hydrogens is 210 g/mol. The Morgan fingerprint density at radius 2 is 2.36 bits per heavy atom. The molecule has 0 saturated heterocycles. The number of nitrogens with one attached hydrogen (secondary N) is 2. The maximum absolute atomic E-state index is 11.0. The molecule has 11 heavy (non-hydrogen) atoms. The van der Waals surface area contributed by atoms with Gasteiger partial charge in [0.2, 0.25) is 0 Å². The van der Waals surface area contributed by atoms with Crippen LogP contribution in [-0.4, -0.2) is 15.2 Å². The SMILES string of the molecule is O=c1[nH]ccc2c(Br)n[nH]c12. The third kappa shape index (κ3) is 0.883. The summed E-state index contributed by atoms with van der Waals surface area (Å²) in [5.74, 6) is 0. The van der Waals surface area contributed by atoms with E-state index in [1.807, 2.05) is 0 Å². The summed E-state index contributed by atoms with van der Waals surface area (Å²) in [7, 11) is 0. The van der Waals surface area contributed by atoms with Crippen LogP contribution in [0.25, 0.3) is 10.9 Å². The van der Waals surface area contributed by atoms with Gasteiger partial charge in [-0.25, -0.2) is 0 Å². The highest BCUT2D eigenvalue weighted by Gasteiger charge is 2.03. The average molecular weight is 214 g/mol. The summed E-state index contributed by atoms with van der Waals surface area (Å²) in [6.07, 6.45) is 1.59. The van der Waals surface area contributed by atoms with Crippen molar-refractivity contribution in [2.45, 2.75) is 0 Å². The number of rotatable bonds is 0. The lowest BCUT2D eigenvalue weighted by Gasteiger charge is -1.84. The van der Waals surface area contributed by atoms with Crippen LogP contribution in [0, 0.1) is 0 Å². The fourth-order valence-corrected chi connectivity index (χ4v) is 1.35. The van der Waals surface area contributed by atoms with Crippen molar-refractivity contribution in [2.75, 3.05) is 0 Å². The van der Waals surface area contributed by atoms with E-state index in [0.717, 1.165) is 5.39 Å². The summed E-state index contributed by atoms with van der Waals surface area (Å²) < 4.78 is 0.665. The van der Waals surface area contributed by atoms with Gasteiger partial charge in [0.25, 0.3) is 5.56 Å². The largest absolute Gasteiger partial charge is 0.327 e. The minimum absolute atomic E-state index is 0.152. The van der Waals surface area contributed by atoms with E-state index in [1.54, 1.807) is 12.3 Å². The number of halogens is 1. The number of H-pyrrole nitrogens is 2. The molecule has 0 radical (unpaired) electrons. The number of nitrogens with zero attached hydrogens (tertiary/aromatic N) is 1. The van der Waals surface area contributed by atoms with E-state index >= 15 is 0 Å².